The van der Waals surface area contributed by atoms with Gasteiger partial charge in [0.05, 0.1) is 5.02 Å². The molecule has 0 aliphatic carbocycles. The Morgan fingerprint density at radius 1 is 1.56 bits per heavy atom. The fourth-order valence-corrected chi connectivity index (χ4v) is 2.44. The summed E-state index contributed by atoms with van der Waals surface area (Å²) in [5, 5.41) is 3.96. The SMILES string of the molecule is C[C@H]1CN(C(=O)c2ccc(I)c(Cl)c2)CCN1.Cl. The molecule has 1 aromatic rings. The molecule has 1 aromatic carbocycles. The molecule has 1 N–H and O–H groups in total. The summed E-state index contributed by atoms with van der Waals surface area (Å²) in [6.45, 7) is 4.45. The van der Waals surface area contributed by atoms with Crippen LogP contribution in [0.5, 0.6) is 0 Å². The zero-order valence-electron chi connectivity index (χ0n) is 9.95. The molecule has 0 radical (unpaired) electrons. The van der Waals surface area contributed by atoms with Gasteiger partial charge in [0, 0.05) is 34.8 Å². The number of halogens is 3. The van der Waals surface area contributed by atoms with Gasteiger partial charge in [-0.1, -0.05) is 11.6 Å². The number of benzene rings is 1. The van der Waals surface area contributed by atoms with Gasteiger partial charge in [0.1, 0.15) is 0 Å². The number of rotatable bonds is 1. The highest BCUT2D eigenvalue weighted by Crippen LogP contribution is 2.20. The second-order valence-corrected chi connectivity index (χ2v) is 5.80. The quantitative estimate of drug-likeness (QED) is 0.735. The molecule has 0 spiro atoms. The lowest BCUT2D eigenvalue weighted by atomic mass is 10.1. The van der Waals surface area contributed by atoms with E-state index in [-0.39, 0.29) is 18.3 Å². The molecule has 0 aromatic heterocycles. The van der Waals surface area contributed by atoms with Crippen molar-refractivity contribution in [2.45, 2.75) is 13.0 Å². The molecule has 100 valence electrons. The van der Waals surface area contributed by atoms with E-state index in [0.717, 1.165) is 23.2 Å². The summed E-state index contributed by atoms with van der Waals surface area (Å²) in [5.41, 5.74) is 0.671. The molecule has 3 nitrogen and oxygen atoms in total. The van der Waals surface area contributed by atoms with Gasteiger partial charge in [-0.25, -0.2) is 0 Å². The average Bonchev–Trinajstić information content (AvgIpc) is 2.32. The topological polar surface area (TPSA) is 32.3 Å². The maximum Gasteiger partial charge on any atom is 0.254 e. The van der Waals surface area contributed by atoms with Gasteiger partial charge in [-0.15, -0.1) is 12.4 Å². The van der Waals surface area contributed by atoms with E-state index in [1.165, 1.54) is 0 Å². The lowest BCUT2D eigenvalue weighted by Crippen LogP contribution is -2.51. The molecule has 1 amide bonds. The van der Waals surface area contributed by atoms with E-state index in [9.17, 15) is 4.79 Å². The molecule has 0 unspecified atom stereocenters. The summed E-state index contributed by atoms with van der Waals surface area (Å²) in [6, 6.07) is 5.81. The number of carbonyl (C=O) groups is 1. The van der Waals surface area contributed by atoms with Crippen molar-refractivity contribution in [1.82, 2.24) is 10.2 Å². The van der Waals surface area contributed by atoms with E-state index in [2.05, 4.69) is 34.8 Å². The van der Waals surface area contributed by atoms with E-state index >= 15 is 0 Å². The Kier molecular flexibility index (Phi) is 6.17. The lowest BCUT2D eigenvalue weighted by molar-refractivity contribution is 0.0709. The number of piperazine rings is 1. The first-order valence-corrected chi connectivity index (χ1v) is 7.01. The van der Waals surface area contributed by atoms with E-state index in [1.807, 2.05) is 17.0 Å². The third kappa shape index (κ3) is 3.73. The van der Waals surface area contributed by atoms with Crippen LogP contribution in [-0.2, 0) is 0 Å². The van der Waals surface area contributed by atoms with Crippen LogP contribution in [0.3, 0.4) is 0 Å². The normalized spacial score (nSPS) is 19.3. The van der Waals surface area contributed by atoms with Gasteiger partial charge in [0.2, 0.25) is 0 Å². The van der Waals surface area contributed by atoms with Crippen LogP contribution >= 0.6 is 46.6 Å². The van der Waals surface area contributed by atoms with Crippen molar-refractivity contribution in [3.63, 3.8) is 0 Å². The molecule has 1 atom stereocenters. The Bertz CT molecular complexity index is 442. The van der Waals surface area contributed by atoms with Crippen molar-refractivity contribution in [3.8, 4) is 0 Å². The Morgan fingerprint density at radius 2 is 2.28 bits per heavy atom. The van der Waals surface area contributed by atoms with Crippen LogP contribution in [0.4, 0.5) is 0 Å². The van der Waals surface area contributed by atoms with Crippen LogP contribution in [0, 0.1) is 3.57 Å². The molecule has 1 saturated heterocycles. The largest absolute Gasteiger partial charge is 0.336 e. The van der Waals surface area contributed by atoms with Crippen LogP contribution in [0.25, 0.3) is 0 Å². The smallest absolute Gasteiger partial charge is 0.254 e. The van der Waals surface area contributed by atoms with Crippen LogP contribution < -0.4 is 5.32 Å². The van der Waals surface area contributed by atoms with Crippen LogP contribution in [0.2, 0.25) is 5.02 Å². The number of carbonyl (C=O) groups excluding carboxylic acids is 1. The van der Waals surface area contributed by atoms with Gasteiger partial charge in [0.25, 0.3) is 5.91 Å². The van der Waals surface area contributed by atoms with Gasteiger partial charge in [0.15, 0.2) is 0 Å². The first kappa shape index (κ1) is 16.0. The average molecular weight is 401 g/mol. The predicted octanol–water partition coefficient (Wildman–Crippen LogP) is 2.80. The zero-order valence-corrected chi connectivity index (χ0v) is 13.7. The maximum atomic E-state index is 12.2. The molecular weight excluding hydrogens is 386 g/mol. The monoisotopic (exact) mass is 400 g/mol. The molecule has 2 rings (SSSR count). The summed E-state index contributed by atoms with van der Waals surface area (Å²) in [4.78, 5) is 14.1. The van der Waals surface area contributed by atoms with E-state index in [4.69, 9.17) is 11.6 Å². The van der Waals surface area contributed by atoms with Crippen molar-refractivity contribution in [2.24, 2.45) is 0 Å². The lowest BCUT2D eigenvalue weighted by Gasteiger charge is -2.32. The third-order valence-electron chi connectivity index (χ3n) is 2.82. The van der Waals surface area contributed by atoms with E-state index < -0.39 is 0 Å². The standard InChI is InChI=1S/C12H14ClIN2O.ClH/c1-8-7-16(5-4-15-8)12(17)9-2-3-11(14)10(13)6-9;/h2-3,6,8,15H,4-5,7H2,1H3;1H/t8-;/m0./s1. The minimum absolute atomic E-state index is 0. The summed E-state index contributed by atoms with van der Waals surface area (Å²) in [6.07, 6.45) is 0. The Labute approximate surface area is 132 Å². The predicted molar refractivity (Wildman–Crippen MR) is 84.8 cm³/mol. The summed E-state index contributed by atoms with van der Waals surface area (Å²) in [7, 11) is 0. The highest BCUT2D eigenvalue weighted by atomic mass is 127. The molecule has 6 heteroatoms. The van der Waals surface area contributed by atoms with Crippen LogP contribution in [-0.4, -0.2) is 36.5 Å². The van der Waals surface area contributed by atoms with Crippen LogP contribution in [0.1, 0.15) is 17.3 Å². The Hall–Kier alpha value is -0.0400. The Morgan fingerprint density at radius 3 is 2.89 bits per heavy atom. The first-order valence-electron chi connectivity index (χ1n) is 5.55. The molecule has 1 aliphatic heterocycles. The maximum absolute atomic E-state index is 12.2. The molecular formula is C12H15Cl2IN2O. The fraction of sp³-hybridized carbons (Fsp3) is 0.417. The molecule has 1 heterocycles. The van der Waals surface area contributed by atoms with Gasteiger partial charge in [-0.2, -0.15) is 0 Å². The second kappa shape index (κ2) is 6.93. The summed E-state index contributed by atoms with van der Waals surface area (Å²) in [5.74, 6) is 0.0663. The van der Waals surface area contributed by atoms with Crippen LogP contribution in [0.15, 0.2) is 18.2 Å². The number of hydrogen-bond donors (Lipinski definition) is 1. The van der Waals surface area contributed by atoms with E-state index in [1.54, 1.807) is 6.07 Å². The van der Waals surface area contributed by atoms with Crippen molar-refractivity contribution in [1.29, 1.82) is 0 Å². The minimum Gasteiger partial charge on any atom is -0.336 e. The number of nitrogens with zero attached hydrogens (tertiary/aromatic N) is 1. The van der Waals surface area contributed by atoms with Crippen molar-refractivity contribution < 1.29 is 4.79 Å². The molecule has 0 bridgehead atoms. The van der Waals surface area contributed by atoms with Crippen molar-refractivity contribution in [2.75, 3.05) is 19.6 Å². The molecule has 0 saturated carbocycles. The van der Waals surface area contributed by atoms with Crippen molar-refractivity contribution >= 4 is 52.5 Å². The summed E-state index contributed by atoms with van der Waals surface area (Å²) >= 11 is 8.19. The summed E-state index contributed by atoms with van der Waals surface area (Å²) < 4.78 is 0.967. The van der Waals surface area contributed by atoms with Gasteiger partial charge < -0.3 is 10.2 Å². The highest BCUT2D eigenvalue weighted by Gasteiger charge is 2.21. The fourth-order valence-electron chi connectivity index (χ4n) is 1.93. The molecule has 1 aliphatic rings. The van der Waals surface area contributed by atoms with E-state index in [0.29, 0.717) is 16.6 Å². The van der Waals surface area contributed by atoms with Gasteiger partial charge in [-0.05, 0) is 47.7 Å². The number of amides is 1. The Balaban J connectivity index is 0.00000162. The first-order chi connectivity index (χ1) is 8.08. The minimum atomic E-state index is 0. The number of hydrogen-bond acceptors (Lipinski definition) is 2. The zero-order chi connectivity index (χ0) is 12.4. The third-order valence-corrected chi connectivity index (χ3v) is 4.39. The van der Waals surface area contributed by atoms with Crippen molar-refractivity contribution in [3.05, 3.63) is 32.4 Å². The molecule has 18 heavy (non-hydrogen) atoms. The van der Waals surface area contributed by atoms with Gasteiger partial charge >= 0.3 is 0 Å². The highest BCUT2D eigenvalue weighted by molar-refractivity contribution is 14.1. The van der Waals surface area contributed by atoms with Gasteiger partial charge in [-0.3, -0.25) is 4.79 Å². The molecule has 1 fully saturated rings. The second-order valence-electron chi connectivity index (χ2n) is 4.24. The number of nitrogens with one attached hydrogen (secondary N) is 1.